The van der Waals surface area contributed by atoms with Crippen LogP contribution in [0.3, 0.4) is 0 Å². The van der Waals surface area contributed by atoms with Crippen molar-refractivity contribution >= 4 is 17.9 Å². The van der Waals surface area contributed by atoms with Gasteiger partial charge in [0.2, 0.25) is 11.8 Å². The van der Waals surface area contributed by atoms with Crippen LogP contribution in [0.4, 0.5) is 4.79 Å². The number of hydrogen-bond donors (Lipinski definition) is 1. The summed E-state index contributed by atoms with van der Waals surface area (Å²) in [4.78, 5) is 43.5. The molecule has 0 radical (unpaired) electrons. The SMILES string of the molecule is CC(C)(C)OC(=O)N[C@H]1C[C@@H]2O[C@@H]2C[C@H]2CC[C@@H](C(=O)N3CC[C@@H](c4ccccc4)C3)N2C1=O. The second kappa shape index (κ2) is 8.87. The Morgan fingerprint density at radius 1 is 1.06 bits per heavy atom. The fourth-order valence-electron chi connectivity index (χ4n) is 5.80. The number of ether oxygens (including phenoxy) is 2. The van der Waals surface area contributed by atoms with Crippen LogP contribution < -0.4 is 5.32 Å². The molecule has 1 aromatic rings. The van der Waals surface area contributed by atoms with Crippen molar-refractivity contribution in [3.63, 3.8) is 0 Å². The smallest absolute Gasteiger partial charge is 0.408 e. The van der Waals surface area contributed by atoms with E-state index in [-0.39, 0.29) is 30.1 Å². The lowest BCUT2D eigenvalue weighted by Crippen LogP contribution is -2.57. The fourth-order valence-corrected chi connectivity index (χ4v) is 5.80. The molecule has 184 valence electrons. The van der Waals surface area contributed by atoms with Gasteiger partial charge in [-0.2, -0.15) is 0 Å². The molecule has 1 N–H and O–H groups in total. The van der Waals surface area contributed by atoms with Gasteiger partial charge in [-0.25, -0.2) is 4.79 Å². The minimum atomic E-state index is -0.753. The number of epoxide rings is 1. The van der Waals surface area contributed by atoms with Gasteiger partial charge < -0.3 is 24.6 Å². The first-order valence-corrected chi connectivity index (χ1v) is 12.5. The second-order valence-corrected chi connectivity index (χ2v) is 11.1. The third kappa shape index (κ3) is 4.78. The van der Waals surface area contributed by atoms with Crippen molar-refractivity contribution in [1.82, 2.24) is 15.1 Å². The third-order valence-electron chi connectivity index (χ3n) is 7.46. The molecule has 8 nitrogen and oxygen atoms in total. The quantitative estimate of drug-likeness (QED) is 0.688. The monoisotopic (exact) mass is 469 g/mol. The zero-order valence-corrected chi connectivity index (χ0v) is 20.2. The highest BCUT2D eigenvalue weighted by Gasteiger charge is 2.53. The summed E-state index contributed by atoms with van der Waals surface area (Å²) in [6.07, 6.45) is 2.98. The first-order valence-electron chi connectivity index (χ1n) is 12.5. The van der Waals surface area contributed by atoms with E-state index in [1.807, 2.05) is 23.1 Å². The van der Waals surface area contributed by atoms with E-state index in [2.05, 4.69) is 17.4 Å². The van der Waals surface area contributed by atoms with Crippen molar-refractivity contribution in [2.24, 2.45) is 0 Å². The Labute approximate surface area is 200 Å². The van der Waals surface area contributed by atoms with Gasteiger partial charge in [-0.15, -0.1) is 0 Å². The molecule has 34 heavy (non-hydrogen) atoms. The fraction of sp³-hybridized carbons (Fsp3) is 0.654. The summed E-state index contributed by atoms with van der Waals surface area (Å²) in [5.74, 6) is 0.159. The molecule has 5 rings (SSSR count). The van der Waals surface area contributed by atoms with Crippen LogP contribution in [0.15, 0.2) is 30.3 Å². The van der Waals surface area contributed by atoms with Crippen LogP contribution in [0.5, 0.6) is 0 Å². The van der Waals surface area contributed by atoms with E-state index < -0.39 is 23.8 Å². The van der Waals surface area contributed by atoms with E-state index in [9.17, 15) is 14.4 Å². The lowest BCUT2D eigenvalue weighted by molar-refractivity contribution is -0.146. The molecular weight excluding hydrogens is 434 g/mol. The van der Waals surface area contributed by atoms with E-state index >= 15 is 0 Å². The predicted octanol–water partition coefficient (Wildman–Crippen LogP) is 2.82. The molecule has 4 aliphatic rings. The second-order valence-electron chi connectivity index (χ2n) is 11.1. The molecule has 6 atom stereocenters. The number of hydrogen-bond acceptors (Lipinski definition) is 5. The first kappa shape index (κ1) is 23.1. The molecule has 0 aliphatic carbocycles. The van der Waals surface area contributed by atoms with Gasteiger partial charge in [0.25, 0.3) is 0 Å². The molecule has 4 saturated heterocycles. The van der Waals surface area contributed by atoms with Gasteiger partial charge in [0, 0.05) is 31.5 Å². The molecule has 4 heterocycles. The molecule has 8 heteroatoms. The number of benzene rings is 1. The number of amides is 3. The third-order valence-corrected chi connectivity index (χ3v) is 7.46. The molecule has 0 spiro atoms. The van der Waals surface area contributed by atoms with Crippen LogP contribution in [0, 0.1) is 0 Å². The summed E-state index contributed by atoms with van der Waals surface area (Å²) >= 11 is 0. The molecule has 0 unspecified atom stereocenters. The number of carbonyl (C=O) groups excluding carboxylic acids is 3. The summed E-state index contributed by atoms with van der Waals surface area (Å²) in [7, 11) is 0. The van der Waals surface area contributed by atoms with Gasteiger partial charge in [0.1, 0.15) is 17.7 Å². The summed E-state index contributed by atoms with van der Waals surface area (Å²) in [6, 6.07) is 9.03. The van der Waals surface area contributed by atoms with E-state index in [1.54, 1.807) is 25.7 Å². The number of rotatable bonds is 3. The van der Waals surface area contributed by atoms with E-state index in [0.29, 0.717) is 31.8 Å². The normalized spacial score (nSPS) is 33.0. The Morgan fingerprint density at radius 2 is 1.79 bits per heavy atom. The minimum absolute atomic E-state index is 0.0222. The number of nitrogens with zero attached hydrogens (tertiary/aromatic N) is 2. The van der Waals surface area contributed by atoms with Crippen molar-refractivity contribution in [3.8, 4) is 0 Å². The van der Waals surface area contributed by atoms with E-state index in [1.165, 1.54) is 5.56 Å². The maximum atomic E-state index is 13.7. The Morgan fingerprint density at radius 3 is 2.53 bits per heavy atom. The standard InChI is InChI=1S/C26H35N3O5/c1-26(2,3)34-25(32)27-19-14-22-21(33-22)13-18-9-10-20(29(18)23(19)30)24(31)28-12-11-17(15-28)16-7-5-4-6-8-16/h4-8,17-22H,9-15H2,1-3H3,(H,27,32)/t17-,18-,19+,20+,21-,22+/m1/s1. The predicted molar refractivity (Wildman–Crippen MR) is 125 cm³/mol. The van der Waals surface area contributed by atoms with Crippen molar-refractivity contribution in [3.05, 3.63) is 35.9 Å². The molecule has 4 fully saturated rings. The van der Waals surface area contributed by atoms with Gasteiger partial charge in [0.15, 0.2) is 0 Å². The Balaban J connectivity index is 1.30. The maximum absolute atomic E-state index is 13.7. The van der Waals surface area contributed by atoms with Crippen LogP contribution in [0.25, 0.3) is 0 Å². The van der Waals surface area contributed by atoms with Gasteiger partial charge in [-0.1, -0.05) is 30.3 Å². The number of fused-ring (bicyclic) bond motifs is 2. The lowest BCUT2D eigenvalue weighted by atomic mass is 9.99. The van der Waals surface area contributed by atoms with Gasteiger partial charge in [-0.3, -0.25) is 9.59 Å². The Bertz CT molecular complexity index is 946. The molecule has 1 aromatic carbocycles. The molecular formula is C26H35N3O5. The van der Waals surface area contributed by atoms with Crippen LogP contribution in [-0.2, 0) is 19.1 Å². The molecule has 0 bridgehead atoms. The lowest BCUT2D eigenvalue weighted by Gasteiger charge is -2.35. The summed E-state index contributed by atoms with van der Waals surface area (Å²) in [5, 5.41) is 2.76. The molecule has 3 amide bonds. The van der Waals surface area contributed by atoms with E-state index in [4.69, 9.17) is 9.47 Å². The van der Waals surface area contributed by atoms with Crippen LogP contribution >= 0.6 is 0 Å². The minimum Gasteiger partial charge on any atom is -0.444 e. The van der Waals surface area contributed by atoms with Gasteiger partial charge in [-0.05, 0) is 52.0 Å². The van der Waals surface area contributed by atoms with Crippen LogP contribution in [-0.4, -0.2) is 76.7 Å². The van der Waals surface area contributed by atoms with Crippen molar-refractivity contribution in [2.45, 2.75) is 94.7 Å². The number of alkyl carbamates (subject to hydrolysis) is 1. The summed E-state index contributed by atoms with van der Waals surface area (Å²) < 4.78 is 11.2. The topological polar surface area (TPSA) is 91.5 Å². The number of likely N-dealkylation sites (tertiary alicyclic amines) is 1. The zero-order valence-electron chi connectivity index (χ0n) is 20.2. The van der Waals surface area contributed by atoms with Gasteiger partial charge >= 0.3 is 6.09 Å². The van der Waals surface area contributed by atoms with Gasteiger partial charge in [0.05, 0.1) is 12.2 Å². The highest BCUT2D eigenvalue weighted by atomic mass is 16.6. The summed E-state index contributed by atoms with van der Waals surface area (Å²) in [5.41, 5.74) is 0.593. The van der Waals surface area contributed by atoms with Crippen LogP contribution in [0.2, 0.25) is 0 Å². The number of carbonyl (C=O) groups is 3. The average Bonchev–Trinajstić information content (AvgIpc) is 3.15. The highest BCUT2D eigenvalue weighted by molar-refractivity contribution is 5.92. The largest absolute Gasteiger partial charge is 0.444 e. The summed E-state index contributed by atoms with van der Waals surface area (Å²) in [6.45, 7) is 6.75. The Hall–Kier alpha value is -2.61. The number of nitrogens with one attached hydrogen (secondary N) is 1. The molecule has 4 aliphatic heterocycles. The van der Waals surface area contributed by atoms with E-state index in [0.717, 1.165) is 19.3 Å². The van der Waals surface area contributed by atoms with Crippen molar-refractivity contribution < 1.29 is 23.9 Å². The maximum Gasteiger partial charge on any atom is 0.408 e. The Kier molecular flexibility index (Phi) is 6.04. The zero-order chi connectivity index (χ0) is 24.0. The van der Waals surface area contributed by atoms with Crippen molar-refractivity contribution in [1.29, 1.82) is 0 Å². The highest BCUT2D eigenvalue weighted by Crippen LogP contribution is 2.40. The molecule has 0 saturated carbocycles. The average molecular weight is 470 g/mol. The molecule has 0 aromatic heterocycles. The van der Waals surface area contributed by atoms with Crippen molar-refractivity contribution in [2.75, 3.05) is 13.1 Å². The first-order chi connectivity index (χ1) is 16.2. The van der Waals surface area contributed by atoms with Crippen LogP contribution in [0.1, 0.15) is 64.4 Å².